The van der Waals surface area contributed by atoms with E-state index in [1.165, 1.54) is 24.3 Å². The van der Waals surface area contributed by atoms with Crippen LogP contribution >= 0.6 is 0 Å². The topological polar surface area (TPSA) is 105 Å². The van der Waals surface area contributed by atoms with Crippen molar-refractivity contribution in [2.45, 2.75) is 12.7 Å². The molecule has 0 aliphatic rings. The van der Waals surface area contributed by atoms with Crippen LogP contribution in [0.15, 0.2) is 47.4 Å². The fourth-order valence-electron chi connectivity index (χ4n) is 2.67. The van der Waals surface area contributed by atoms with Crippen molar-refractivity contribution in [3.63, 3.8) is 0 Å². The number of H-pyrrole nitrogens is 1. The third-order valence-corrected chi connectivity index (χ3v) is 4.10. The van der Waals surface area contributed by atoms with Gasteiger partial charge in [-0.1, -0.05) is 12.1 Å². The normalized spacial score (nSPS) is 11.4. The summed E-state index contributed by atoms with van der Waals surface area (Å²) in [5.74, 6) is -1.38. The van der Waals surface area contributed by atoms with Gasteiger partial charge in [0, 0.05) is 18.8 Å². The van der Waals surface area contributed by atoms with Crippen molar-refractivity contribution < 1.29 is 27.3 Å². The van der Waals surface area contributed by atoms with E-state index in [1.54, 1.807) is 0 Å². The number of hydrogen-bond acceptors (Lipinski definition) is 4. The highest BCUT2D eigenvalue weighted by Crippen LogP contribution is 2.34. The maximum atomic E-state index is 13.0. The van der Waals surface area contributed by atoms with Crippen LogP contribution in [0.2, 0.25) is 0 Å². The molecule has 0 atom stereocenters. The van der Waals surface area contributed by atoms with E-state index < -0.39 is 56.0 Å². The van der Waals surface area contributed by atoms with E-state index in [2.05, 4.69) is 10.3 Å². The van der Waals surface area contributed by atoms with Gasteiger partial charge in [0.2, 0.25) is 5.43 Å². The number of alkyl halides is 3. The molecule has 7 nitrogen and oxygen atoms in total. The molecule has 0 bridgehead atoms. The molecule has 0 saturated heterocycles. The molecule has 0 saturated carbocycles. The van der Waals surface area contributed by atoms with Crippen LogP contribution in [-0.4, -0.2) is 15.8 Å². The van der Waals surface area contributed by atoms with Crippen LogP contribution in [0.5, 0.6) is 0 Å². The van der Waals surface area contributed by atoms with E-state index in [4.69, 9.17) is 0 Å². The molecule has 2 N–H and O–H groups in total. The maximum absolute atomic E-state index is 13.0. The van der Waals surface area contributed by atoms with Crippen molar-refractivity contribution >= 4 is 22.5 Å². The summed E-state index contributed by atoms with van der Waals surface area (Å²) in [4.78, 5) is 37.3. The first-order chi connectivity index (χ1) is 13.6. The number of nitro benzene ring substituents is 1. The Kier molecular flexibility index (Phi) is 5.06. The summed E-state index contributed by atoms with van der Waals surface area (Å²) in [5, 5.41) is 12.9. The molecule has 0 fully saturated rings. The van der Waals surface area contributed by atoms with Crippen molar-refractivity contribution in [1.82, 2.24) is 10.3 Å². The number of nitro groups is 1. The summed E-state index contributed by atoms with van der Waals surface area (Å²) in [6, 6.07) is 5.91. The average molecular weight is 409 g/mol. The molecule has 0 aliphatic carbocycles. The third-order valence-electron chi connectivity index (χ3n) is 4.10. The molecule has 2 aromatic carbocycles. The van der Waals surface area contributed by atoms with Gasteiger partial charge < -0.3 is 10.3 Å². The Bertz CT molecular complexity index is 1170. The molecule has 1 amide bonds. The minimum absolute atomic E-state index is 0.0701. The van der Waals surface area contributed by atoms with E-state index in [0.29, 0.717) is 17.7 Å². The smallest absolute Gasteiger partial charge is 0.355 e. The second-order valence-electron chi connectivity index (χ2n) is 6.01. The Morgan fingerprint density at radius 2 is 1.83 bits per heavy atom. The van der Waals surface area contributed by atoms with Crippen LogP contribution in [0.25, 0.3) is 10.9 Å². The lowest BCUT2D eigenvalue weighted by molar-refractivity contribution is -0.383. The van der Waals surface area contributed by atoms with Gasteiger partial charge in [-0.05, 0) is 23.8 Å². The molecule has 3 rings (SSSR count). The number of benzene rings is 2. The second kappa shape index (κ2) is 7.34. The highest BCUT2D eigenvalue weighted by atomic mass is 19.4. The van der Waals surface area contributed by atoms with E-state index >= 15 is 0 Å². The minimum Gasteiger partial charge on any atom is -0.355 e. The first kappa shape index (κ1) is 20.0. The SMILES string of the molecule is O=C(NCc1ccc(F)cc1)c1c[nH]c2c([N+](=O)[O-])cc(C(F)(F)F)cc2c1=O. The summed E-state index contributed by atoms with van der Waals surface area (Å²) < 4.78 is 52.0. The fraction of sp³-hybridized carbons (Fsp3) is 0.111. The number of hydrogen-bond donors (Lipinski definition) is 2. The molecule has 0 radical (unpaired) electrons. The lowest BCUT2D eigenvalue weighted by Crippen LogP contribution is -2.28. The van der Waals surface area contributed by atoms with Gasteiger partial charge in [-0.3, -0.25) is 19.7 Å². The lowest BCUT2D eigenvalue weighted by atomic mass is 10.1. The van der Waals surface area contributed by atoms with E-state index in [0.717, 1.165) is 6.20 Å². The van der Waals surface area contributed by atoms with Gasteiger partial charge in [-0.2, -0.15) is 13.2 Å². The van der Waals surface area contributed by atoms with Gasteiger partial charge in [0.15, 0.2) is 0 Å². The van der Waals surface area contributed by atoms with Crippen molar-refractivity contribution in [2.24, 2.45) is 0 Å². The highest BCUT2D eigenvalue weighted by Gasteiger charge is 2.34. The van der Waals surface area contributed by atoms with Gasteiger partial charge in [0.05, 0.1) is 15.9 Å². The molecule has 150 valence electrons. The lowest BCUT2D eigenvalue weighted by Gasteiger charge is -2.10. The minimum atomic E-state index is -4.92. The Hall–Kier alpha value is -3.76. The van der Waals surface area contributed by atoms with E-state index in [9.17, 15) is 37.3 Å². The molecule has 1 aromatic heterocycles. The molecular formula is C18H11F4N3O4. The van der Waals surface area contributed by atoms with Crippen molar-refractivity contribution in [2.75, 3.05) is 0 Å². The van der Waals surface area contributed by atoms with Crippen LogP contribution in [0.1, 0.15) is 21.5 Å². The second-order valence-corrected chi connectivity index (χ2v) is 6.01. The molecule has 11 heteroatoms. The van der Waals surface area contributed by atoms with Crippen LogP contribution < -0.4 is 10.7 Å². The zero-order valence-corrected chi connectivity index (χ0v) is 14.3. The number of pyridine rings is 1. The molecule has 0 unspecified atom stereocenters. The third kappa shape index (κ3) is 4.08. The Morgan fingerprint density at radius 3 is 2.41 bits per heavy atom. The number of amides is 1. The summed E-state index contributed by atoms with van der Waals surface area (Å²) in [7, 11) is 0. The van der Waals surface area contributed by atoms with Crippen LogP contribution in [0, 0.1) is 15.9 Å². The van der Waals surface area contributed by atoms with Crippen molar-refractivity contribution in [1.29, 1.82) is 0 Å². The Balaban J connectivity index is 2.02. The van der Waals surface area contributed by atoms with Gasteiger partial charge in [0.1, 0.15) is 16.9 Å². The predicted molar refractivity (Wildman–Crippen MR) is 93.8 cm³/mol. The van der Waals surface area contributed by atoms with Gasteiger partial charge in [-0.15, -0.1) is 0 Å². The first-order valence-corrected chi connectivity index (χ1v) is 8.01. The highest BCUT2D eigenvalue weighted by molar-refractivity contribution is 5.98. The Labute approximate surface area is 159 Å². The average Bonchev–Trinajstić information content (AvgIpc) is 2.66. The number of nitrogens with zero attached hydrogens (tertiary/aromatic N) is 1. The molecule has 0 spiro atoms. The molecule has 1 heterocycles. The summed E-state index contributed by atoms with van der Waals surface area (Å²) in [6.45, 7) is -0.0701. The van der Waals surface area contributed by atoms with Crippen LogP contribution in [0.4, 0.5) is 23.2 Å². The van der Waals surface area contributed by atoms with E-state index in [-0.39, 0.29) is 6.54 Å². The number of rotatable bonds is 4. The number of carbonyl (C=O) groups excluding carboxylic acids is 1. The number of halogens is 4. The predicted octanol–water partition coefficient (Wildman–Crippen LogP) is 3.52. The zero-order chi connectivity index (χ0) is 21.3. The number of aromatic nitrogens is 1. The summed E-state index contributed by atoms with van der Waals surface area (Å²) >= 11 is 0. The zero-order valence-electron chi connectivity index (χ0n) is 14.3. The van der Waals surface area contributed by atoms with Crippen molar-refractivity contribution in [3.8, 4) is 0 Å². The number of nitrogens with one attached hydrogen (secondary N) is 2. The Morgan fingerprint density at radius 1 is 1.17 bits per heavy atom. The van der Waals surface area contributed by atoms with Gasteiger partial charge in [-0.25, -0.2) is 4.39 Å². The fourth-order valence-corrected chi connectivity index (χ4v) is 2.67. The molecule has 3 aromatic rings. The molecule has 0 aliphatic heterocycles. The standard InChI is InChI=1S/C18H11F4N3O4/c19-11-3-1-9(2-4-11)7-24-17(27)13-8-23-15-12(16(13)26)5-10(18(20,21)22)6-14(15)25(28)29/h1-6,8H,7H2,(H,23,26)(H,24,27). The summed E-state index contributed by atoms with van der Waals surface area (Å²) in [5.41, 5.74) is -3.84. The van der Waals surface area contributed by atoms with Crippen LogP contribution in [0.3, 0.4) is 0 Å². The number of aromatic amines is 1. The quantitative estimate of drug-likeness (QED) is 0.391. The monoisotopic (exact) mass is 409 g/mol. The number of carbonyl (C=O) groups is 1. The largest absolute Gasteiger partial charge is 0.416 e. The van der Waals surface area contributed by atoms with Crippen molar-refractivity contribution in [3.05, 3.63) is 85.4 Å². The molecule has 29 heavy (non-hydrogen) atoms. The van der Waals surface area contributed by atoms with Gasteiger partial charge >= 0.3 is 6.18 Å². The first-order valence-electron chi connectivity index (χ1n) is 8.01. The van der Waals surface area contributed by atoms with E-state index in [1.807, 2.05) is 0 Å². The number of non-ortho nitro benzene ring substituents is 1. The number of fused-ring (bicyclic) bond motifs is 1. The maximum Gasteiger partial charge on any atom is 0.416 e. The molecular weight excluding hydrogens is 398 g/mol. The van der Waals surface area contributed by atoms with Gasteiger partial charge in [0.25, 0.3) is 11.6 Å². The summed E-state index contributed by atoms with van der Waals surface area (Å²) in [6.07, 6.45) is -4.03. The van der Waals surface area contributed by atoms with Crippen LogP contribution in [-0.2, 0) is 12.7 Å².